The van der Waals surface area contributed by atoms with Crippen molar-refractivity contribution in [1.29, 1.82) is 0 Å². The van der Waals surface area contributed by atoms with Crippen molar-refractivity contribution in [3.8, 4) is 0 Å². The van der Waals surface area contributed by atoms with E-state index in [-0.39, 0.29) is 64.0 Å². The number of carbonyl (C=O) groups is 2. The topological polar surface area (TPSA) is 135 Å². The van der Waals surface area contributed by atoms with Gasteiger partial charge in [0.1, 0.15) is 21.5 Å². The van der Waals surface area contributed by atoms with E-state index in [0.29, 0.717) is 32.6 Å². The molecule has 296 valence electrons. The molecular weight excluding hydrogens is 1040 g/mol. The van der Waals surface area contributed by atoms with Gasteiger partial charge < -0.3 is 33.6 Å². The minimum absolute atomic E-state index is 0. The van der Waals surface area contributed by atoms with Crippen LogP contribution in [0.1, 0.15) is 32.2 Å². The molecule has 0 saturated carbocycles. The molecule has 0 fully saturated rings. The van der Waals surface area contributed by atoms with Crippen molar-refractivity contribution in [2.45, 2.75) is 0 Å². The Balaban J connectivity index is 0.000000194. The molecule has 61 heavy (non-hydrogen) atoms. The molecule has 2 N–H and O–H groups in total. The van der Waals surface area contributed by atoms with Crippen molar-refractivity contribution in [3.05, 3.63) is 179 Å². The number of fused-ring (bicyclic) bond motifs is 8. The molecule has 4 heterocycles. The van der Waals surface area contributed by atoms with Crippen molar-refractivity contribution in [2.24, 2.45) is 10.2 Å². The first-order valence-corrected chi connectivity index (χ1v) is 18.7. The van der Waals surface area contributed by atoms with E-state index in [1.807, 2.05) is 133 Å². The molecule has 10 aromatic rings. The number of hydrazone groups is 2. The van der Waals surface area contributed by atoms with E-state index in [1.54, 1.807) is 12.1 Å². The van der Waals surface area contributed by atoms with E-state index >= 15 is 0 Å². The summed E-state index contributed by atoms with van der Waals surface area (Å²) >= 11 is 12.4. The number of pyridine rings is 2. The maximum atomic E-state index is 12.5. The Kier molecular flexibility index (Phi) is 14.4. The number of aromatic nitrogens is 2. The standard InChI is InChI=1S/2C23H14ClN3O2.2ClH.Hg/c2*24-22-16(11-15-6-2-4-8-19(15)26-22)13-25-27-23(28)21-12-18-17-7-3-1-5-14(17)9-10-20(18)29-21;;;/h2*1-13H,(H,27,28);2*1H;/q;;;;+2/p-2/b2*25-13+;;;. The molecule has 15 heteroatoms. The van der Waals surface area contributed by atoms with Crippen molar-refractivity contribution in [1.82, 2.24) is 20.8 Å². The van der Waals surface area contributed by atoms with Crippen molar-refractivity contribution < 1.29 is 70.9 Å². The molecule has 0 aliphatic heterocycles. The number of halogens is 4. The number of benzene rings is 6. The molecule has 0 spiro atoms. The number of nitrogens with one attached hydrogen (secondary N) is 2. The molecule has 2 amide bonds. The van der Waals surface area contributed by atoms with Gasteiger partial charge in [-0.1, -0.05) is 120 Å². The quantitative estimate of drug-likeness (QED) is 0.103. The number of carbonyl (C=O) groups excluding carboxylic acids is 2. The van der Waals surface area contributed by atoms with Gasteiger partial charge in [0.25, 0.3) is 0 Å². The van der Waals surface area contributed by atoms with Gasteiger partial charge in [-0.15, -0.1) is 0 Å². The summed E-state index contributed by atoms with van der Waals surface area (Å²) < 4.78 is 11.4. The third-order valence-electron chi connectivity index (χ3n) is 9.45. The summed E-state index contributed by atoms with van der Waals surface area (Å²) in [5.74, 6) is -0.495. The zero-order valence-corrected chi connectivity index (χ0v) is 40.2. The van der Waals surface area contributed by atoms with E-state index in [1.165, 1.54) is 12.4 Å². The van der Waals surface area contributed by atoms with Gasteiger partial charge in [0.2, 0.25) is 0 Å². The predicted octanol–water partition coefficient (Wildman–Crippen LogP) is 5.11. The maximum Gasteiger partial charge on any atom is 2.00 e. The Morgan fingerprint density at radius 2 is 0.869 bits per heavy atom. The number of furan rings is 2. The summed E-state index contributed by atoms with van der Waals surface area (Å²) in [7, 11) is 0. The molecule has 0 unspecified atom stereocenters. The van der Waals surface area contributed by atoms with Crippen LogP contribution in [0.5, 0.6) is 0 Å². The second-order valence-corrected chi connectivity index (χ2v) is 13.9. The fourth-order valence-corrected chi connectivity index (χ4v) is 7.03. The average molecular weight is 1070 g/mol. The van der Waals surface area contributed by atoms with Crippen LogP contribution in [0, 0.1) is 0 Å². The predicted molar refractivity (Wildman–Crippen MR) is 231 cm³/mol. The molecule has 0 atom stereocenters. The zero-order valence-electron chi connectivity index (χ0n) is 31.7. The molecule has 0 aliphatic carbocycles. The maximum absolute atomic E-state index is 12.5. The smallest absolute Gasteiger partial charge is 1.00 e. The third-order valence-corrected chi connectivity index (χ3v) is 10.1. The van der Waals surface area contributed by atoms with Gasteiger partial charge in [-0.05, 0) is 70.1 Å². The molecule has 0 saturated heterocycles. The van der Waals surface area contributed by atoms with E-state index in [9.17, 15) is 9.59 Å². The summed E-state index contributed by atoms with van der Waals surface area (Å²) in [5.41, 5.74) is 9.09. The molecule has 10 nitrogen and oxygen atoms in total. The first-order valence-electron chi connectivity index (χ1n) is 18.0. The first kappa shape index (κ1) is 44.7. The van der Waals surface area contributed by atoms with Gasteiger partial charge in [-0.2, -0.15) is 10.2 Å². The second-order valence-electron chi connectivity index (χ2n) is 13.1. The van der Waals surface area contributed by atoms with Gasteiger partial charge in [-0.25, -0.2) is 20.8 Å². The fourth-order valence-electron chi connectivity index (χ4n) is 6.64. The molecule has 0 bridgehead atoms. The van der Waals surface area contributed by atoms with Gasteiger partial charge in [0.15, 0.2) is 11.5 Å². The number of rotatable bonds is 6. The summed E-state index contributed by atoms with van der Waals surface area (Å²) in [6, 6.07) is 46.1. The van der Waals surface area contributed by atoms with Crippen LogP contribution < -0.4 is 35.7 Å². The summed E-state index contributed by atoms with van der Waals surface area (Å²) in [4.78, 5) is 33.6. The Hall–Kier alpha value is -5.88. The number of nitrogens with zero attached hydrogens (tertiary/aromatic N) is 4. The third kappa shape index (κ3) is 9.54. The zero-order chi connectivity index (χ0) is 39.6. The van der Waals surface area contributed by atoms with Gasteiger partial charge in [0.05, 0.1) is 23.5 Å². The Labute approximate surface area is 390 Å². The van der Waals surface area contributed by atoms with Crippen molar-refractivity contribution >= 4 is 113 Å². The summed E-state index contributed by atoms with van der Waals surface area (Å²) in [6.07, 6.45) is 2.94. The molecular formula is C46H28Cl4HgN6O4. The summed E-state index contributed by atoms with van der Waals surface area (Å²) in [5, 5.41) is 16.5. The minimum atomic E-state index is -0.439. The van der Waals surface area contributed by atoms with Crippen molar-refractivity contribution in [2.75, 3.05) is 0 Å². The number of hydrogen-bond acceptors (Lipinski definition) is 8. The molecule has 4 aromatic heterocycles. The molecule has 0 radical (unpaired) electrons. The van der Waals surface area contributed by atoms with E-state index in [0.717, 1.165) is 54.1 Å². The van der Waals surface area contributed by atoms with Crippen LogP contribution in [0.2, 0.25) is 10.3 Å². The van der Waals surface area contributed by atoms with E-state index in [4.69, 9.17) is 32.0 Å². The molecule has 6 aromatic carbocycles. The van der Waals surface area contributed by atoms with Crippen LogP contribution in [0.3, 0.4) is 0 Å². The first-order chi connectivity index (χ1) is 28.4. The van der Waals surface area contributed by atoms with Gasteiger partial charge in [-0.3, -0.25) is 9.59 Å². The van der Waals surface area contributed by atoms with Crippen LogP contribution in [0.4, 0.5) is 0 Å². The van der Waals surface area contributed by atoms with Crippen LogP contribution in [0.25, 0.3) is 65.3 Å². The molecule has 10 rings (SSSR count). The SMILES string of the molecule is O=C(N/N=C/c1cc2ccccc2nc1Cl)c1cc2c(ccc3ccccc32)o1.O=C(N/N=C/c1cc2ccccc2nc1Cl)c1cc2c(ccc3ccccc32)o1.[Cl-].[Cl-].[Hg+2]. The van der Waals surface area contributed by atoms with Crippen LogP contribution in [-0.2, 0) is 27.7 Å². The van der Waals surface area contributed by atoms with Crippen LogP contribution in [0.15, 0.2) is 165 Å². The average Bonchev–Trinajstić information content (AvgIpc) is 3.90. The fraction of sp³-hybridized carbons (Fsp3) is 0. The second kappa shape index (κ2) is 19.7. The number of amides is 2. The monoisotopic (exact) mass is 1070 g/mol. The van der Waals surface area contributed by atoms with Crippen molar-refractivity contribution in [3.63, 3.8) is 0 Å². The largest absolute Gasteiger partial charge is 2.00 e. The number of hydrogen-bond donors (Lipinski definition) is 2. The number of para-hydroxylation sites is 2. The van der Waals surface area contributed by atoms with Crippen LogP contribution >= 0.6 is 23.2 Å². The summed E-state index contributed by atoms with van der Waals surface area (Å²) in [6.45, 7) is 0. The van der Waals surface area contributed by atoms with E-state index in [2.05, 4.69) is 31.0 Å². The van der Waals surface area contributed by atoms with Gasteiger partial charge in [0, 0.05) is 32.7 Å². The van der Waals surface area contributed by atoms with E-state index < -0.39 is 11.8 Å². The van der Waals surface area contributed by atoms with Gasteiger partial charge >= 0.3 is 39.5 Å². The Morgan fingerprint density at radius 1 is 0.492 bits per heavy atom. The normalized spacial score (nSPS) is 11.0. The minimum Gasteiger partial charge on any atom is -1.00 e. The molecule has 0 aliphatic rings. The Morgan fingerprint density at radius 3 is 1.30 bits per heavy atom. The van der Waals surface area contributed by atoms with Crippen LogP contribution in [-0.4, -0.2) is 34.2 Å². The Bertz CT molecular complexity index is 3080.